The highest BCUT2D eigenvalue weighted by Crippen LogP contribution is 2.31. The fourth-order valence-corrected chi connectivity index (χ4v) is 3.11. The van der Waals surface area contributed by atoms with Crippen LogP contribution in [-0.4, -0.2) is 34.0 Å². The van der Waals surface area contributed by atoms with Gasteiger partial charge in [0.15, 0.2) is 0 Å². The number of nitrogens with one attached hydrogen (secondary N) is 1. The molecule has 0 atom stereocenters. The molecule has 0 unspecified atom stereocenters. The number of halogens is 1. The number of nitrogens with zero attached hydrogens (tertiary/aromatic N) is 3. The van der Waals surface area contributed by atoms with Gasteiger partial charge < -0.3 is 10.1 Å². The quantitative estimate of drug-likeness (QED) is 0.941. The maximum atomic E-state index is 6.34. The molecule has 1 heterocycles. The van der Waals surface area contributed by atoms with Crippen molar-refractivity contribution in [3.05, 3.63) is 35.9 Å². The Labute approximate surface area is 129 Å². The Hall–Kier alpha value is -1.59. The van der Waals surface area contributed by atoms with Gasteiger partial charge in [-0.3, -0.25) is 0 Å². The Morgan fingerprint density at radius 1 is 1.29 bits per heavy atom. The van der Waals surface area contributed by atoms with Crippen molar-refractivity contribution in [2.75, 3.05) is 12.4 Å². The predicted molar refractivity (Wildman–Crippen MR) is 83.0 cm³/mol. The van der Waals surface area contributed by atoms with E-state index in [-0.39, 0.29) is 0 Å². The summed E-state index contributed by atoms with van der Waals surface area (Å²) in [5.74, 6) is 0. The summed E-state index contributed by atoms with van der Waals surface area (Å²) < 4.78 is 7.12. The van der Waals surface area contributed by atoms with E-state index in [4.69, 9.17) is 16.3 Å². The Balaban J connectivity index is 1.79. The summed E-state index contributed by atoms with van der Waals surface area (Å²) in [6, 6.07) is 6.29. The SMILES string of the molecule is COC1CCC(Nc2cccc(Cl)c2-n2cncn2)CC1. The number of rotatable bonds is 4. The second kappa shape index (κ2) is 6.45. The van der Waals surface area contributed by atoms with Gasteiger partial charge in [-0.1, -0.05) is 17.7 Å². The number of ether oxygens (including phenoxy) is 1. The third-order valence-electron chi connectivity index (χ3n) is 4.00. The molecule has 1 aromatic heterocycles. The molecule has 21 heavy (non-hydrogen) atoms. The number of anilines is 1. The average molecular weight is 307 g/mol. The third-order valence-corrected chi connectivity index (χ3v) is 4.31. The predicted octanol–water partition coefficient (Wildman–Crippen LogP) is 3.29. The molecule has 112 valence electrons. The molecule has 0 spiro atoms. The lowest BCUT2D eigenvalue weighted by Gasteiger charge is -2.29. The summed E-state index contributed by atoms with van der Waals surface area (Å²) in [6.07, 6.45) is 7.95. The summed E-state index contributed by atoms with van der Waals surface area (Å²) in [4.78, 5) is 4.00. The van der Waals surface area contributed by atoms with Crippen molar-refractivity contribution < 1.29 is 4.74 Å². The van der Waals surface area contributed by atoms with Gasteiger partial charge in [0.25, 0.3) is 0 Å². The highest BCUT2D eigenvalue weighted by molar-refractivity contribution is 6.33. The molecule has 2 aromatic rings. The molecule has 1 aromatic carbocycles. The Morgan fingerprint density at radius 3 is 2.76 bits per heavy atom. The molecule has 1 fully saturated rings. The van der Waals surface area contributed by atoms with Gasteiger partial charge >= 0.3 is 0 Å². The van der Waals surface area contributed by atoms with Gasteiger partial charge in [-0.25, -0.2) is 9.67 Å². The first-order chi connectivity index (χ1) is 10.3. The second-order valence-corrected chi connectivity index (χ2v) is 5.74. The van der Waals surface area contributed by atoms with Crippen LogP contribution in [0.1, 0.15) is 25.7 Å². The number of aromatic nitrogens is 3. The molecule has 5 nitrogen and oxygen atoms in total. The standard InChI is InChI=1S/C15H19ClN4O/c1-21-12-7-5-11(6-8-12)19-14-4-2-3-13(16)15(14)20-10-17-9-18-20/h2-4,9-12,19H,5-8H2,1H3. The van der Waals surface area contributed by atoms with E-state index in [1.165, 1.54) is 6.33 Å². The zero-order valence-electron chi connectivity index (χ0n) is 12.0. The van der Waals surface area contributed by atoms with Gasteiger partial charge in [-0.15, -0.1) is 0 Å². The van der Waals surface area contributed by atoms with E-state index in [2.05, 4.69) is 15.4 Å². The lowest BCUT2D eigenvalue weighted by atomic mass is 9.93. The van der Waals surface area contributed by atoms with Crippen LogP contribution in [-0.2, 0) is 4.74 Å². The largest absolute Gasteiger partial charge is 0.381 e. The fourth-order valence-electron chi connectivity index (χ4n) is 2.85. The molecule has 1 aliphatic carbocycles. The van der Waals surface area contributed by atoms with Crippen molar-refractivity contribution in [1.82, 2.24) is 14.8 Å². The number of para-hydroxylation sites is 1. The minimum atomic E-state index is 0.400. The summed E-state index contributed by atoms with van der Waals surface area (Å²) >= 11 is 6.34. The van der Waals surface area contributed by atoms with E-state index >= 15 is 0 Å². The lowest BCUT2D eigenvalue weighted by Crippen LogP contribution is -2.29. The maximum absolute atomic E-state index is 6.34. The van der Waals surface area contributed by atoms with E-state index in [1.54, 1.807) is 18.1 Å². The normalized spacial score (nSPS) is 22.2. The van der Waals surface area contributed by atoms with E-state index in [0.717, 1.165) is 37.1 Å². The van der Waals surface area contributed by atoms with Crippen molar-refractivity contribution in [2.45, 2.75) is 37.8 Å². The molecule has 0 aliphatic heterocycles. The summed E-state index contributed by atoms with van der Waals surface area (Å²) in [6.45, 7) is 0. The van der Waals surface area contributed by atoms with Gasteiger partial charge in [-0.05, 0) is 37.8 Å². The highest BCUT2D eigenvalue weighted by atomic mass is 35.5. The summed E-state index contributed by atoms with van der Waals surface area (Å²) in [5, 5.41) is 8.45. The molecular weight excluding hydrogens is 288 g/mol. The highest BCUT2D eigenvalue weighted by Gasteiger charge is 2.22. The first kappa shape index (κ1) is 14.4. The van der Waals surface area contributed by atoms with Crippen molar-refractivity contribution in [3.8, 4) is 5.69 Å². The molecule has 0 amide bonds. The van der Waals surface area contributed by atoms with E-state index in [1.807, 2.05) is 18.2 Å². The van der Waals surface area contributed by atoms with Crippen LogP contribution in [0.15, 0.2) is 30.9 Å². The molecule has 0 radical (unpaired) electrons. The molecular formula is C15H19ClN4O. The Bertz CT molecular complexity index is 579. The van der Waals surface area contributed by atoms with Crippen molar-refractivity contribution in [1.29, 1.82) is 0 Å². The number of hydrogen-bond donors (Lipinski definition) is 1. The third kappa shape index (κ3) is 3.19. The van der Waals surface area contributed by atoms with Crippen LogP contribution in [0.2, 0.25) is 5.02 Å². The first-order valence-corrected chi connectivity index (χ1v) is 7.58. The summed E-state index contributed by atoms with van der Waals surface area (Å²) in [7, 11) is 1.79. The molecule has 0 saturated heterocycles. The Kier molecular flexibility index (Phi) is 4.41. The van der Waals surface area contributed by atoms with Gasteiger partial charge in [0, 0.05) is 13.2 Å². The molecule has 6 heteroatoms. The van der Waals surface area contributed by atoms with Crippen LogP contribution >= 0.6 is 11.6 Å². The zero-order chi connectivity index (χ0) is 14.7. The fraction of sp³-hybridized carbons (Fsp3) is 0.467. The zero-order valence-corrected chi connectivity index (χ0v) is 12.8. The van der Waals surface area contributed by atoms with E-state index in [9.17, 15) is 0 Å². The van der Waals surface area contributed by atoms with Gasteiger partial charge in [-0.2, -0.15) is 5.10 Å². The number of hydrogen-bond acceptors (Lipinski definition) is 4. The van der Waals surface area contributed by atoms with Crippen LogP contribution < -0.4 is 5.32 Å². The smallest absolute Gasteiger partial charge is 0.138 e. The molecule has 3 rings (SSSR count). The average Bonchev–Trinajstić information content (AvgIpc) is 3.02. The summed E-state index contributed by atoms with van der Waals surface area (Å²) in [5.41, 5.74) is 1.85. The second-order valence-electron chi connectivity index (χ2n) is 5.33. The number of methoxy groups -OCH3 is 1. The monoisotopic (exact) mass is 306 g/mol. The van der Waals surface area contributed by atoms with Crippen LogP contribution in [0.3, 0.4) is 0 Å². The van der Waals surface area contributed by atoms with Crippen LogP contribution in [0, 0.1) is 0 Å². The molecule has 1 saturated carbocycles. The first-order valence-electron chi connectivity index (χ1n) is 7.21. The molecule has 1 N–H and O–H groups in total. The van der Waals surface area contributed by atoms with Crippen molar-refractivity contribution >= 4 is 17.3 Å². The maximum Gasteiger partial charge on any atom is 0.138 e. The topological polar surface area (TPSA) is 52.0 Å². The van der Waals surface area contributed by atoms with Gasteiger partial charge in [0.05, 0.1) is 16.8 Å². The van der Waals surface area contributed by atoms with E-state index < -0.39 is 0 Å². The minimum Gasteiger partial charge on any atom is -0.381 e. The Morgan fingerprint density at radius 2 is 2.10 bits per heavy atom. The minimum absolute atomic E-state index is 0.400. The van der Waals surface area contributed by atoms with Gasteiger partial charge in [0.1, 0.15) is 18.3 Å². The van der Waals surface area contributed by atoms with Gasteiger partial charge in [0.2, 0.25) is 0 Å². The van der Waals surface area contributed by atoms with Crippen LogP contribution in [0.4, 0.5) is 5.69 Å². The van der Waals surface area contributed by atoms with Crippen molar-refractivity contribution in [3.63, 3.8) is 0 Å². The van der Waals surface area contributed by atoms with Crippen LogP contribution in [0.25, 0.3) is 5.69 Å². The molecule has 1 aliphatic rings. The molecule has 0 bridgehead atoms. The van der Waals surface area contributed by atoms with Crippen molar-refractivity contribution in [2.24, 2.45) is 0 Å². The van der Waals surface area contributed by atoms with Crippen LogP contribution in [0.5, 0.6) is 0 Å². The number of benzene rings is 1. The lowest BCUT2D eigenvalue weighted by molar-refractivity contribution is 0.0682. The van der Waals surface area contributed by atoms with E-state index in [0.29, 0.717) is 17.2 Å².